The number of methoxy groups -OCH3 is 2. The molecule has 2 amide bonds. The van der Waals surface area contributed by atoms with Gasteiger partial charge in [0.05, 0.1) is 55.3 Å². The summed E-state index contributed by atoms with van der Waals surface area (Å²) in [5, 5.41) is 20.9. The van der Waals surface area contributed by atoms with Crippen molar-refractivity contribution in [2.45, 2.75) is 44.4 Å². The van der Waals surface area contributed by atoms with Gasteiger partial charge >= 0.3 is 0 Å². The predicted octanol–water partition coefficient (Wildman–Crippen LogP) is 6.29. The number of benzene rings is 3. The van der Waals surface area contributed by atoms with Crippen molar-refractivity contribution < 1.29 is 19.1 Å². The van der Waals surface area contributed by atoms with Gasteiger partial charge in [-0.2, -0.15) is 5.10 Å². The Balaban J connectivity index is 1.26. The summed E-state index contributed by atoms with van der Waals surface area (Å²) in [5.41, 5.74) is 5.55. The molecule has 1 atom stereocenters. The minimum Gasteiger partial charge on any atom is -0.493 e. The first-order chi connectivity index (χ1) is 23.4. The number of aryl methyl sites for hydroxylation is 2. The molecule has 0 aliphatic carbocycles. The summed E-state index contributed by atoms with van der Waals surface area (Å²) in [6.07, 6.45) is 0.795. The van der Waals surface area contributed by atoms with Gasteiger partial charge in [0, 0.05) is 12.0 Å². The number of hydrogen-bond donors (Lipinski definition) is 1. The molecular formula is C36H36N6O4S2. The van der Waals surface area contributed by atoms with E-state index in [2.05, 4.69) is 21.6 Å². The summed E-state index contributed by atoms with van der Waals surface area (Å²) in [6, 6.07) is 25.0. The lowest BCUT2D eigenvalue weighted by molar-refractivity contribution is -0.130. The fourth-order valence-electron chi connectivity index (χ4n) is 5.67. The highest BCUT2D eigenvalue weighted by Gasteiger charge is 2.36. The smallest absolute Gasteiger partial charge is 0.253 e. The zero-order chi connectivity index (χ0) is 33.6. The number of carbonyl (C=O) groups excluding carboxylic acids is 2. The monoisotopic (exact) mass is 680 g/mol. The average Bonchev–Trinajstić information content (AvgIpc) is 3.88. The van der Waals surface area contributed by atoms with E-state index < -0.39 is 0 Å². The van der Waals surface area contributed by atoms with Gasteiger partial charge in [0.2, 0.25) is 5.91 Å². The fourth-order valence-corrected chi connectivity index (χ4v) is 7.21. The maximum atomic E-state index is 14.1. The van der Waals surface area contributed by atoms with Crippen molar-refractivity contribution in [3.05, 3.63) is 117 Å². The molecular weight excluding hydrogens is 645 g/mol. The number of rotatable bonds is 12. The van der Waals surface area contributed by atoms with E-state index in [1.54, 1.807) is 30.6 Å². The summed E-state index contributed by atoms with van der Waals surface area (Å²) in [4.78, 5) is 27.9. The number of aromatic nitrogens is 3. The summed E-state index contributed by atoms with van der Waals surface area (Å²) in [7, 11) is 3.19. The summed E-state index contributed by atoms with van der Waals surface area (Å²) in [5.74, 6) is 1.49. The maximum absolute atomic E-state index is 14.1. The summed E-state index contributed by atoms with van der Waals surface area (Å²) >= 11 is 2.87. The van der Waals surface area contributed by atoms with Crippen molar-refractivity contribution in [3.8, 4) is 17.2 Å². The highest BCUT2D eigenvalue weighted by molar-refractivity contribution is 7.99. The normalized spacial score (nSPS) is 14.1. The van der Waals surface area contributed by atoms with Crippen LogP contribution < -0.4 is 14.8 Å². The first kappa shape index (κ1) is 33.0. The second-order valence-corrected chi connectivity index (χ2v) is 13.2. The van der Waals surface area contributed by atoms with Crippen LogP contribution in [0.4, 0.5) is 0 Å². The number of nitrogens with zero attached hydrogens (tertiary/aromatic N) is 5. The van der Waals surface area contributed by atoms with Crippen molar-refractivity contribution in [2.75, 3.05) is 20.0 Å². The molecule has 0 spiro atoms. The third-order valence-corrected chi connectivity index (χ3v) is 9.88. The van der Waals surface area contributed by atoms with E-state index in [0.717, 1.165) is 38.5 Å². The van der Waals surface area contributed by atoms with Crippen molar-refractivity contribution in [2.24, 2.45) is 5.10 Å². The zero-order valence-electron chi connectivity index (χ0n) is 27.2. The Morgan fingerprint density at radius 2 is 1.81 bits per heavy atom. The Bertz CT molecular complexity index is 1940. The van der Waals surface area contributed by atoms with Crippen LogP contribution in [-0.2, 0) is 22.6 Å². The molecule has 48 heavy (non-hydrogen) atoms. The average molecular weight is 681 g/mol. The van der Waals surface area contributed by atoms with Gasteiger partial charge in [-0.3, -0.25) is 14.2 Å². The molecule has 0 saturated carbocycles. The molecule has 10 nitrogen and oxygen atoms in total. The third kappa shape index (κ3) is 7.14. The van der Waals surface area contributed by atoms with Crippen molar-refractivity contribution in [3.63, 3.8) is 0 Å². The van der Waals surface area contributed by atoms with E-state index in [4.69, 9.17) is 14.6 Å². The summed E-state index contributed by atoms with van der Waals surface area (Å²) < 4.78 is 13.2. The number of amides is 2. The number of thioether (sulfide) groups is 1. The van der Waals surface area contributed by atoms with E-state index in [0.29, 0.717) is 28.9 Å². The lowest BCUT2D eigenvalue weighted by Crippen LogP contribution is -2.29. The summed E-state index contributed by atoms with van der Waals surface area (Å²) in [6.45, 7) is 4.22. The molecule has 0 fully saturated rings. The molecule has 3 heterocycles. The highest BCUT2D eigenvalue weighted by atomic mass is 32.2. The quantitative estimate of drug-likeness (QED) is 0.154. The van der Waals surface area contributed by atoms with Crippen molar-refractivity contribution in [1.82, 2.24) is 25.1 Å². The highest BCUT2D eigenvalue weighted by Crippen LogP contribution is 2.42. The minimum atomic E-state index is -0.382. The van der Waals surface area contributed by atoms with E-state index in [1.807, 2.05) is 96.6 Å². The molecule has 1 aliphatic heterocycles. The molecule has 5 aromatic rings. The van der Waals surface area contributed by atoms with Gasteiger partial charge in [0.1, 0.15) is 0 Å². The lowest BCUT2D eigenvalue weighted by atomic mass is 9.99. The van der Waals surface area contributed by atoms with Gasteiger partial charge < -0.3 is 14.8 Å². The van der Waals surface area contributed by atoms with Crippen molar-refractivity contribution in [1.29, 1.82) is 0 Å². The Labute approximate surface area is 287 Å². The van der Waals surface area contributed by atoms with E-state index in [-0.39, 0.29) is 36.6 Å². The van der Waals surface area contributed by atoms with E-state index in [1.165, 1.54) is 11.8 Å². The predicted molar refractivity (Wildman–Crippen MR) is 188 cm³/mol. The number of para-hydroxylation sites is 1. The Morgan fingerprint density at radius 3 is 2.56 bits per heavy atom. The van der Waals surface area contributed by atoms with Crippen LogP contribution in [0.1, 0.15) is 45.4 Å². The van der Waals surface area contributed by atoms with Crippen LogP contribution in [0.25, 0.3) is 5.69 Å². The number of hydrazone groups is 1. The number of thiophene rings is 1. The first-order valence-corrected chi connectivity index (χ1v) is 17.3. The molecule has 1 aliphatic rings. The zero-order valence-corrected chi connectivity index (χ0v) is 28.8. The largest absolute Gasteiger partial charge is 0.493 e. The molecule has 0 radical (unpaired) electrons. The molecule has 0 saturated heterocycles. The van der Waals surface area contributed by atoms with Crippen LogP contribution in [0.15, 0.2) is 94.5 Å². The van der Waals surface area contributed by atoms with Gasteiger partial charge in [-0.25, -0.2) is 5.01 Å². The molecule has 0 unspecified atom stereocenters. The van der Waals surface area contributed by atoms with E-state index >= 15 is 0 Å². The molecule has 0 bridgehead atoms. The SMILES string of the molecule is COc1cccc([C@H]2CC(c3cccs3)=NN2C(=O)CSc2nnc(CNC(=O)Cc3ccccc3)n2-c2cc(C)ccc2C)c1OC. The fraction of sp³-hybridized carbons (Fsp3) is 0.250. The minimum absolute atomic E-state index is 0.0629. The van der Waals surface area contributed by atoms with Crippen LogP contribution in [0.2, 0.25) is 0 Å². The first-order valence-electron chi connectivity index (χ1n) is 15.5. The molecule has 3 aromatic carbocycles. The lowest BCUT2D eigenvalue weighted by Gasteiger charge is -2.24. The van der Waals surface area contributed by atoms with Gasteiger partial charge in [0.25, 0.3) is 5.91 Å². The van der Waals surface area contributed by atoms with Gasteiger partial charge in [0.15, 0.2) is 22.5 Å². The van der Waals surface area contributed by atoms with Gasteiger partial charge in [-0.15, -0.1) is 21.5 Å². The van der Waals surface area contributed by atoms with Gasteiger partial charge in [-0.05, 0) is 54.1 Å². The molecule has 1 N–H and O–H groups in total. The van der Waals surface area contributed by atoms with Crippen LogP contribution >= 0.6 is 23.1 Å². The van der Waals surface area contributed by atoms with Crippen molar-refractivity contribution >= 4 is 40.6 Å². The Morgan fingerprint density at radius 1 is 0.979 bits per heavy atom. The van der Waals surface area contributed by atoms with Crippen LogP contribution in [0.3, 0.4) is 0 Å². The number of hydrogen-bond acceptors (Lipinski definition) is 9. The third-order valence-electron chi connectivity index (χ3n) is 8.05. The number of nitrogens with one attached hydrogen (secondary N) is 1. The second-order valence-electron chi connectivity index (χ2n) is 11.3. The molecule has 6 rings (SSSR count). The van der Waals surface area contributed by atoms with E-state index in [9.17, 15) is 9.59 Å². The second kappa shape index (κ2) is 14.9. The molecule has 12 heteroatoms. The van der Waals surface area contributed by atoms with Gasteiger partial charge in [-0.1, -0.05) is 72.4 Å². The Hall–Kier alpha value is -4.94. The molecule has 2 aromatic heterocycles. The van der Waals surface area contributed by atoms with Crippen LogP contribution in [0.5, 0.6) is 11.5 Å². The van der Waals surface area contributed by atoms with Crippen LogP contribution in [0, 0.1) is 13.8 Å². The maximum Gasteiger partial charge on any atom is 0.253 e. The standard InChI is InChI=1S/C36H36N6O4S2/c1-23-15-16-24(2)28(18-23)41-32(21-37-33(43)19-25-10-6-5-7-11-25)38-39-36(41)48-22-34(44)42-29(20-27(40-42)31-14-9-17-47-31)26-12-8-13-30(45-3)35(26)46-4/h5-18,29H,19-22H2,1-4H3,(H,37,43)/t29-/m1/s1. The number of ether oxygens (including phenoxy) is 2. The van der Waals surface area contributed by atoms with Crippen LogP contribution in [-0.4, -0.2) is 57.3 Å². The molecule has 246 valence electrons. The Kier molecular flexibility index (Phi) is 10.2. The number of carbonyl (C=O) groups is 2. The topological polar surface area (TPSA) is 111 Å².